The number of urea groups is 1. The molecule has 0 radical (unpaired) electrons. The first-order chi connectivity index (χ1) is 14.5. The van der Waals surface area contributed by atoms with Crippen LogP contribution < -0.4 is 5.32 Å². The molecule has 8 heteroatoms. The number of hydrogen-bond donors (Lipinski definition) is 1. The summed E-state index contributed by atoms with van der Waals surface area (Å²) in [5, 5.41) is 4.84. The Morgan fingerprint density at radius 2 is 1.80 bits per heavy atom. The summed E-state index contributed by atoms with van der Waals surface area (Å²) in [5.74, 6) is -2.24. The third-order valence-electron chi connectivity index (χ3n) is 5.62. The Labute approximate surface area is 178 Å². The van der Waals surface area contributed by atoms with Crippen molar-refractivity contribution < 1.29 is 19.2 Å². The Balaban J connectivity index is 1.49. The standard InChI is InChI=1S/C22H23N3O4S/c1-14-8-10-15(11-9-14)19(17-7-4-12-30-17)23-18(26)13-24-20(27)21(28)25(22(24)29)16-5-2-3-6-16/h4,7-12,16,19H,2-3,5-6,13H2,1H3,(H,23,26)/t19-/m1/s1. The number of amides is 5. The van der Waals surface area contributed by atoms with Crippen molar-refractivity contribution in [3.8, 4) is 0 Å². The van der Waals surface area contributed by atoms with E-state index in [1.54, 1.807) is 0 Å². The smallest absolute Gasteiger partial charge is 0.334 e. The maximum Gasteiger partial charge on any atom is 0.334 e. The second kappa shape index (κ2) is 8.39. The predicted octanol–water partition coefficient (Wildman–Crippen LogP) is 3.00. The number of hydrogen-bond acceptors (Lipinski definition) is 5. The molecule has 1 saturated carbocycles. The van der Waals surface area contributed by atoms with E-state index in [1.807, 2.05) is 48.7 Å². The van der Waals surface area contributed by atoms with Gasteiger partial charge in [0.05, 0.1) is 6.04 Å². The normalized spacial score (nSPS) is 18.4. The zero-order chi connectivity index (χ0) is 21.3. The Bertz CT molecular complexity index is 965. The van der Waals surface area contributed by atoms with E-state index < -0.39 is 36.3 Å². The van der Waals surface area contributed by atoms with Crippen molar-refractivity contribution in [1.82, 2.24) is 15.1 Å². The number of carbonyl (C=O) groups excluding carboxylic acids is 4. The molecular weight excluding hydrogens is 402 g/mol. The molecule has 1 N–H and O–H groups in total. The number of carbonyl (C=O) groups is 4. The van der Waals surface area contributed by atoms with Gasteiger partial charge in [0.2, 0.25) is 5.91 Å². The number of benzene rings is 1. The van der Waals surface area contributed by atoms with Crippen LogP contribution in [0.5, 0.6) is 0 Å². The van der Waals surface area contributed by atoms with Crippen molar-refractivity contribution in [3.05, 3.63) is 57.8 Å². The molecular formula is C22H23N3O4S. The highest BCUT2D eigenvalue weighted by Crippen LogP contribution is 2.29. The highest BCUT2D eigenvalue weighted by atomic mass is 32.1. The molecule has 1 saturated heterocycles. The number of rotatable bonds is 6. The summed E-state index contributed by atoms with van der Waals surface area (Å²) >= 11 is 1.51. The zero-order valence-electron chi connectivity index (χ0n) is 16.7. The molecule has 2 fully saturated rings. The Morgan fingerprint density at radius 1 is 1.10 bits per heavy atom. The van der Waals surface area contributed by atoms with Crippen molar-refractivity contribution in [3.63, 3.8) is 0 Å². The van der Waals surface area contributed by atoms with Crippen LogP contribution in [0.4, 0.5) is 4.79 Å². The molecule has 1 aromatic carbocycles. The summed E-state index contributed by atoms with van der Waals surface area (Å²) < 4.78 is 0. The van der Waals surface area contributed by atoms with E-state index in [0.717, 1.165) is 38.6 Å². The van der Waals surface area contributed by atoms with Gasteiger partial charge in [-0.3, -0.25) is 19.3 Å². The summed E-state index contributed by atoms with van der Waals surface area (Å²) in [7, 11) is 0. The highest BCUT2D eigenvalue weighted by molar-refractivity contribution is 7.10. The lowest BCUT2D eigenvalue weighted by molar-refractivity contribution is -0.144. The highest BCUT2D eigenvalue weighted by Gasteiger charge is 2.48. The van der Waals surface area contributed by atoms with Crippen LogP contribution in [-0.2, 0) is 14.4 Å². The lowest BCUT2D eigenvalue weighted by atomic mass is 10.0. The first-order valence-electron chi connectivity index (χ1n) is 10.0. The molecule has 4 rings (SSSR count). The summed E-state index contributed by atoms with van der Waals surface area (Å²) in [6.45, 7) is 1.51. The van der Waals surface area contributed by atoms with Crippen LogP contribution in [0.2, 0.25) is 0 Å². The average molecular weight is 426 g/mol. The third kappa shape index (κ3) is 3.87. The molecule has 1 aromatic heterocycles. The van der Waals surface area contributed by atoms with Crippen molar-refractivity contribution in [2.24, 2.45) is 0 Å². The molecule has 1 atom stereocenters. The second-order valence-electron chi connectivity index (χ2n) is 7.71. The number of thiophene rings is 1. The molecule has 1 aliphatic heterocycles. The number of nitrogens with zero attached hydrogens (tertiary/aromatic N) is 2. The minimum atomic E-state index is -0.926. The van der Waals surface area contributed by atoms with Gasteiger partial charge in [-0.1, -0.05) is 48.7 Å². The van der Waals surface area contributed by atoms with Crippen molar-refractivity contribution in [2.45, 2.75) is 44.7 Å². The lowest BCUT2D eigenvalue weighted by Gasteiger charge is -2.22. The molecule has 2 heterocycles. The predicted molar refractivity (Wildman–Crippen MR) is 112 cm³/mol. The number of imide groups is 2. The van der Waals surface area contributed by atoms with E-state index in [4.69, 9.17) is 0 Å². The first kappa shape index (κ1) is 20.3. The van der Waals surface area contributed by atoms with Gasteiger partial charge in [0, 0.05) is 10.9 Å². The van der Waals surface area contributed by atoms with Crippen molar-refractivity contribution >= 4 is 35.1 Å². The van der Waals surface area contributed by atoms with Gasteiger partial charge >= 0.3 is 17.8 Å². The van der Waals surface area contributed by atoms with Crippen LogP contribution in [0.15, 0.2) is 41.8 Å². The van der Waals surface area contributed by atoms with Crippen LogP contribution >= 0.6 is 11.3 Å². The molecule has 2 aromatic rings. The molecule has 0 unspecified atom stereocenters. The topological polar surface area (TPSA) is 86.8 Å². The van der Waals surface area contributed by atoms with Gasteiger partial charge in [-0.15, -0.1) is 11.3 Å². The summed E-state index contributed by atoms with van der Waals surface area (Å²) in [5.41, 5.74) is 2.01. The molecule has 30 heavy (non-hydrogen) atoms. The second-order valence-corrected chi connectivity index (χ2v) is 8.69. The average Bonchev–Trinajstić information content (AvgIpc) is 3.47. The maximum atomic E-state index is 12.8. The number of aryl methyl sites for hydroxylation is 1. The van der Waals surface area contributed by atoms with Crippen molar-refractivity contribution in [1.29, 1.82) is 0 Å². The molecule has 2 aliphatic rings. The van der Waals surface area contributed by atoms with E-state index in [-0.39, 0.29) is 6.04 Å². The van der Waals surface area contributed by atoms with Gasteiger partial charge in [0.1, 0.15) is 6.54 Å². The van der Waals surface area contributed by atoms with Crippen LogP contribution in [0, 0.1) is 6.92 Å². The van der Waals surface area contributed by atoms with Crippen molar-refractivity contribution in [2.75, 3.05) is 6.54 Å². The monoisotopic (exact) mass is 425 g/mol. The van der Waals surface area contributed by atoms with Crippen LogP contribution in [0.3, 0.4) is 0 Å². The van der Waals surface area contributed by atoms with E-state index in [0.29, 0.717) is 12.8 Å². The largest absolute Gasteiger partial charge is 0.343 e. The van der Waals surface area contributed by atoms with Gasteiger partial charge in [0.15, 0.2) is 0 Å². The first-order valence-corrected chi connectivity index (χ1v) is 10.9. The quantitative estimate of drug-likeness (QED) is 0.569. The minimum absolute atomic E-state index is 0.242. The molecule has 7 nitrogen and oxygen atoms in total. The Morgan fingerprint density at radius 3 is 2.43 bits per heavy atom. The van der Waals surface area contributed by atoms with Crippen LogP contribution in [0.25, 0.3) is 0 Å². The summed E-state index contributed by atoms with van der Waals surface area (Å²) in [6, 6.07) is 10.3. The SMILES string of the molecule is Cc1ccc([C@@H](NC(=O)CN2C(=O)C(=O)N(C3CCCC3)C2=O)c2cccs2)cc1. The molecule has 0 spiro atoms. The summed E-state index contributed by atoms with van der Waals surface area (Å²) in [4.78, 5) is 52.9. The zero-order valence-corrected chi connectivity index (χ0v) is 17.5. The fraction of sp³-hybridized carbons (Fsp3) is 0.364. The van der Waals surface area contributed by atoms with Gasteiger partial charge in [0.25, 0.3) is 0 Å². The van der Waals surface area contributed by atoms with Gasteiger partial charge in [-0.25, -0.2) is 9.69 Å². The Kier molecular flexibility index (Phi) is 5.67. The van der Waals surface area contributed by atoms with Gasteiger partial charge < -0.3 is 5.32 Å². The third-order valence-corrected chi connectivity index (χ3v) is 6.56. The molecule has 156 valence electrons. The molecule has 1 aliphatic carbocycles. The van der Waals surface area contributed by atoms with E-state index in [2.05, 4.69) is 5.32 Å². The molecule has 5 amide bonds. The minimum Gasteiger partial charge on any atom is -0.343 e. The fourth-order valence-electron chi connectivity index (χ4n) is 4.03. The van der Waals surface area contributed by atoms with E-state index in [1.165, 1.54) is 11.3 Å². The molecule has 0 bridgehead atoms. The Hall–Kier alpha value is -3.00. The van der Waals surface area contributed by atoms with Gasteiger partial charge in [-0.05, 0) is 36.8 Å². The maximum absolute atomic E-state index is 12.8. The van der Waals surface area contributed by atoms with Crippen LogP contribution in [-0.4, -0.2) is 46.1 Å². The summed E-state index contributed by atoms with van der Waals surface area (Å²) in [6.07, 6.45) is 3.27. The van der Waals surface area contributed by atoms with Crippen LogP contribution in [0.1, 0.15) is 47.7 Å². The van der Waals surface area contributed by atoms with E-state index in [9.17, 15) is 19.2 Å². The van der Waals surface area contributed by atoms with Gasteiger partial charge in [-0.2, -0.15) is 0 Å². The lowest BCUT2D eigenvalue weighted by Crippen LogP contribution is -2.43. The fourth-order valence-corrected chi connectivity index (χ4v) is 4.83. The van der Waals surface area contributed by atoms with E-state index >= 15 is 0 Å². The number of nitrogens with one attached hydrogen (secondary N) is 1.